The lowest BCUT2D eigenvalue weighted by Gasteiger charge is -2.21. The maximum atomic E-state index is 11.5. The van der Waals surface area contributed by atoms with E-state index in [0.717, 1.165) is 0 Å². The molecular weight excluding hydrogens is 204 g/mol. The van der Waals surface area contributed by atoms with Crippen molar-refractivity contribution in [1.29, 1.82) is 0 Å². The molecule has 1 heterocycles. The zero-order chi connectivity index (χ0) is 11.4. The topological polar surface area (TPSA) is 44.1 Å². The lowest BCUT2D eigenvalue weighted by molar-refractivity contribution is 0.0526. The van der Waals surface area contributed by atoms with Gasteiger partial charge in [-0.05, 0) is 19.8 Å². The second-order valence-electron chi connectivity index (χ2n) is 4.22. The van der Waals surface area contributed by atoms with Gasteiger partial charge in [0.05, 0.1) is 24.4 Å². The van der Waals surface area contributed by atoms with Gasteiger partial charge in [0, 0.05) is 6.20 Å². The van der Waals surface area contributed by atoms with Crippen molar-refractivity contribution in [3.05, 3.63) is 18.0 Å². The molecule has 1 fully saturated rings. The predicted octanol–water partition coefficient (Wildman–Crippen LogP) is 2.57. The highest BCUT2D eigenvalue weighted by Gasteiger charge is 2.17. The van der Waals surface area contributed by atoms with Crippen LogP contribution >= 0.6 is 0 Å². The van der Waals surface area contributed by atoms with Gasteiger partial charge in [-0.2, -0.15) is 5.10 Å². The Hall–Kier alpha value is -1.32. The van der Waals surface area contributed by atoms with Crippen molar-refractivity contribution >= 4 is 5.97 Å². The van der Waals surface area contributed by atoms with E-state index >= 15 is 0 Å². The average Bonchev–Trinajstić information content (AvgIpc) is 2.80. The van der Waals surface area contributed by atoms with Gasteiger partial charge in [-0.1, -0.05) is 19.3 Å². The Kier molecular flexibility index (Phi) is 3.59. The minimum absolute atomic E-state index is 0.274. The molecule has 1 aromatic heterocycles. The number of rotatable bonds is 3. The quantitative estimate of drug-likeness (QED) is 0.738. The first kappa shape index (κ1) is 11.2. The molecule has 1 saturated carbocycles. The van der Waals surface area contributed by atoms with Crippen LogP contribution < -0.4 is 0 Å². The molecule has 0 unspecified atom stereocenters. The Balaban J connectivity index is 2.03. The Morgan fingerprint density at radius 1 is 1.50 bits per heavy atom. The highest BCUT2D eigenvalue weighted by atomic mass is 16.5. The summed E-state index contributed by atoms with van der Waals surface area (Å²) in [5, 5.41) is 4.26. The number of carbonyl (C=O) groups is 1. The first-order valence-electron chi connectivity index (χ1n) is 6.02. The molecule has 0 aromatic carbocycles. The summed E-state index contributed by atoms with van der Waals surface area (Å²) in [6, 6.07) is 0.469. The van der Waals surface area contributed by atoms with Crippen LogP contribution in [-0.4, -0.2) is 22.4 Å². The molecule has 4 nitrogen and oxygen atoms in total. The standard InChI is InChI=1S/C12H18N2O2/c1-2-16-12(15)10-8-13-14(9-10)11-6-4-3-5-7-11/h8-9,11H,2-7H2,1H3. The molecule has 88 valence electrons. The molecule has 4 heteroatoms. The third kappa shape index (κ3) is 2.43. The van der Waals surface area contributed by atoms with E-state index in [2.05, 4.69) is 5.10 Å². The highest BCUT2D eigenvalue weighted by molar-refractivity contribution is 5.88. The summed E-state index contributed by atoms with van der Waals surface area (Å²) in [6.45, 7) is 2.22. The van der Waals surface area contributed by atoms with Crippen LogP contribution in [0.25, 0.3) is 0 Å². The summed E-state index contributed by atoms with van der Waals surface area (Å²) in [5.41, 5.74) is 0.562. The van der Waals surface area contributed by atoms with E-state index in [9.17, 15) is 4.79 Å². The van der Waals surface area contributed by atoms with E-state index in [1.165, 1.54) is 32.1 Å². The van der Waals surface area contributed by atoms with E-state index < -0.39 is 0 Å². The van der Waals surface area contributed by atoms with Crippen LogP contribution in [0.3, 0.4) is 0 Å². The van der Waals surface area contributed by atoms with Gasteiger partial charge in [-0.15, -0.1) is 0 Å². The number of hydrogen-bond donors (Lipinski definition) is 0. The molecule has 1 aliphatic rings. The molecule has 0 N–H and O–H groups in total. The van der Waals surface area contributed by atoms with Crippen LogP contribution in [0.5, 0.6) is 0 Å². The van der Waals surface area contributed by atoms with Gasteiger partial charge in [0.25, 0.3) is 0 Å². The van der Waals surface area contributed by atoms with Crippen molar-refractivity contribution in [2.24, 2.45) is 0 Å². The lowest BCUT2D eigenvalue weighted by Crippen LogP contribution is -2.13. The molecule has 0 atom stereocenters. The second kappa shape index (κ2) is 5.14. The van der Waals surface area contributed by atoms with Crippen molar-refractivity contribution in [3.8, 4) is 0 Å². The fraction of sp³-hybridized carbons (Fsp3) is 0.667. The van der Waals surface area contributed by atoms with Crippen LogP contribution in [0, 0.1) is 0 Å². The van der Waals surface area contributed by atoms with Crippen LogP contribution in [0.1, 0.15) is 55.4 Å². The third-order valence-electron chi connectivity index (χ3n) is 3.06. The molecule has 1 aliphatic carbocycles. The van der Waals surface area contributed by atoms with Gasteiger partial charge in [0.2, 0.25) is 0 Å². The van der Waals surface area contributed by atoms with E-state index in [1.54, 1.807) is 6.20 Å². The number of esters is 1. The lowest BCUT2D eigenvalue weighted by atomic mass is 9.96. The van der Waals surface area contributed by atoms with Crippen molar-refractivity contribution in [2.75, 3.05) is 6.61 Å². The molecule has 16 heavy (non-hydrogen) atoms. The predicted molar refractivity (Wildman–Crippen MR) is 60.3 cm³/mol. The zero-order valence-electron chi connectivity index (χ0n) is 9.69. The summed E-state index contributed by atoms with van der Waals surface area (Å²) < 4.78 is 6.86. The van der Waals surface area contributed by atoms with Gasteiger partial charge in [-0.3, -0.25) is 4.68 Å². The van der Waals surface area contributed by atoms with Gasteiger partial charge in [0.15, 0.2) is 0 Å². The number of aromatic nitrogens is 2. The summed E-state index contributed by atoms with van der Waals surface area (Å²) in [4.78, 5) is 11.5. The Morgan fingerprint density at radius 2 is 2.25 bits per heavy atom. The molecule has 2 rings (SSSR count). The molecule has 0 radical (unpaired) electrons. The monoisotopic (exact) mass is 222 g/mol. The normalized spacial score (nSPS) is 17.3. The maximum absolute atomic E-state index is 11.5. The van der Waals surface area contributed by atoms with E-state index in [-0.39, 0.29) is 5.97 Å². The smallest absolute Gasteiger partial charge is 0.341 e. The highest BCUT2D eigenvalue weighted by Crippen LogP contribution is 2.27. The largest absolute Gasteiger partial charge is 0.462 e. The first-order chi connectivity index (χ1) is 7.81. The van der Waals surface area contributed by atoms with Gasteiger partial charge in [0.1, 0.15) is 0 Å². The Morgan fingerprint density at radius 3 is 2.94 bits per heavy atom. The zero-order valence-corrected chi connectivity index (χ0v) is 9.69. The first-order valence-corrected chi connectivity index (χ1v) is 6.02. The van der Waals surface area contributed by atoms with Crippen molar-refractivity contribution in [3.63, 3.8) is 0 Å². The minimum Gasteiger partial charge on any atom is -0.462 e. The summed E-state index contributed by atoms with van der Waals surface area (Å²) in [6.07, 6.45) is 9.61. The summed E-state index contributed by atoms with van der Waals surface area (Å²) >= 11 is 0. The van der Waals surface area contributed by atoms with Crippen molar-refractivity contribution in [1.82, 2.24) is 9.78 Å². The van der Waals surface area contributed by atoms with Gasteiger partial charge < -0.3 is 4.74 Å². The fourth-order valence-electron chi connectivity index (χ4n) is 2.20. The third-order valence-corrected chi connectivity index (χ3v) is 3.06. The second-order valence-corrected chi connectivity index (χ2v) is 4.22. The van der Waals surface area contributed by atoms with E-state index in [4.69, 9.17) is 4.74 Å². The molecule has 0 aliphatic heterocycles. The molecule has 0 spiro atoms. The number of nitrogens with zero attached hydrogens (tertiary/aromatic N) is 2. The summed E-state index contributed by atoms with van der Waals surface area (Å²) in [7, 11) is 0. The van der Waals surface area contributed by atoms with E-state index in [1.807, 2.05) is 17.8 Å². The fourth-order valence-corrected chi connectivity index (χ4v) is 2.20. The van der Waals surface area contributed by atoms with Crippen molar-refractivity contribution in [2.45, 2.75) is 45.1 Å². The minimum atomic E-state index is -0.274. The SMILES string of the molecule is CCOC(=O)c1cnn(C2CCCCC2)c1. The number of ether oxygens (including phenoxy) is 1. The molecular formula is C12H18N2O2. The van der Waals surface area contributed by atoms with Crippen LogP contribution in [0.2, 0.25) is 0 Å². The molecule has 0 amide bonds. The van der Waals surface area contributed by atoms with E-state index in [0.29, 0.717) is 18.2 Å². The maximum Gasteiger partial charge on any atom is 0.341 e. The molecule has 0 bridgehead atoms. The van der Waals surface area contributed by atoms with Gasteiger partial charge >= 0.3 is 5.97 Å². The van der Waals surface area contributed by atoms with Crippen molar-refractivity contribution < 1.29 is 9.53 Å². The average molecular weight is 222 g/mol. The molecule has 0 saturated heterocycles. The molecule has 1 aromatic rings. The number of carbonyl (C=O) groups excluding carboxylic acids is 1. The van der Waals surface area contributed by atoms with Crippen LogP contribution in [0.4, 0.5) is 0 Å². The van der Waals surface area contributed by atoms with Crippen LogP contribution in [0.15, 0.2) is 12.4 Å². The van der Waals surface area contributed by atoms with Gasteiger partial charge in [-0.25, -0.2) is 4.79 Å². The summed E-state index contributed by atoms with van der Waals surface area (Å²) in [5.74, 6) is -0.274. The van der Waals surface area contributed by atoms with Crippen LogP contribution in [-0.2, 0) is 4.74 Å². The Bertz CT molecular complexity index is 354. The Labute approximate surface area is 95.6 Å². The number of hydrogen-bond acceptors (Lipinski definition) is 3.